The van der Waals surface area contributed by atoms with Crippen molar-refractivity contribution in [1.82, 2.24) is 14.5 Å². The highest BCUT2D eigenvalue weighted by atomic mass is 19.4. The summed E-state index contributed by atoms with van der Waals surface area (Å²) in [5.74, 6) is -0.809. The normalized spacial score (nSPS) is 14.0. The van der Waals surface area contributed by atoms with Crippen LogP contribution in [0.2, 0.25) is 0 Å². The predicted octanol–water partition coefficient (Wildman–Crippen LogP) is 3.51. The zero-order valence-electron chi connectivity index (χ0n) is 16.1. The molecule has 0 saturated heterocycles. The predicted molar refractivity (Wildman–Crippen MR) is 103 cm³/mol. The van der Waals surface area contributed by atoms with Gasteiger partial charge in [0.1, 0.15) is 16.9 Å². The molecule has 156 valence electrons. The average molecular weight is 418 g/mol. The standard InChI is InChI=1S/C20H17F3N4O3/c1-24-16-11-7-8-13(20(21,22)23)26-17(11)27(18(28)14(16)19(29)30-2)12-4-3-9-25-15(12)10-5-6-10/h3-4,7-10,24H,5-6H2,1-2H3. The quantitative estimate of drug-likeness (QED) is 0.653. The minimum Gasteiger partial charge on any atom is -0.465 e. The van der Waals surface area contributed by atoms with Crippen molar-refractivity contribution >= 4 is 22.7 Å². The molecule has 0 unspecified atom stereocenters. The number of rotatable bonds is 4. The molecule has 30 heavy (non-hydrogen) atoms. The molecule has 0 amide bonds. The first kappa shape index (κ1) is 19.9. The third-order valence-electron chi connectivity index (χ3n) is 4.97. The van der Waals surface area contributed by atoms with Crippen LogP contribution < -0.4 is 10.9 Å². The van der Waals surface area contributed by atoms with Crippen LogP contribution in [0.15, 0.2) is 35.3 Å². The lowest BCUT2D eigenvalue weighted by atomic mass is 10.1. The van der Waals surface area contributed by atoms with Crippen LogP contribution in [0, 0.1) is 0 Å². The van der Waals surface area contributed by atoms with Crippen LogP contribution in [0.25, 0.3) is 16.7 Å². The number of hydrogen-bond acceptors (Lipinski definition) is 6. The number of carbonyl (C=O) groups is 1. The van der Waals surface area contributed by atoms with Gasteiger partial charge in [-0.1, -0.05) is 0 Å². The number of alkyl halides is 3. The Morgan fingerprint density at radius 2 is 2.00 bits per heavy atom. The molecule has 0 atom stereocenters. The maximum atomic E-state index is 13.4. The van der Waals surface area contributed by atoms with Crippen molar-refractivity contribution in [3.63, 3.8) is 0 Å². The molecule has 4 rings (SSSR count). The molecule has 0 bridgehead atoms. The van der Waals surface area contributed by atoms with Crippen LogP contribution in [-0.2, 0) is 10.9 Å². The minimum atomic E-state index is -4.70. The Morgan fingerprint density at radius 3 is 2.60 bits per heavy atom. The van der Waals surface area contributed by atoms with Crippen molar-refractivity contribution in [2.75, 3.05) is 19.5 Å². The maximum Gasteiger partial charge on any atom is 0.433 e. The lowest BCUT2D eigenvalue weighted by molar-refractivity contribution is -0.141. The van der Waals surface area contributed by atoms with E-state index in [9.17, 15) is 22.8 Å². The molecule has 1 aliphatic rings. The van der Waals surface area contributed by atoms with Gasteiger partial charge in [-0.3, -0.25) is 14.3 Å². The van der Waals surface area contributed by atoms with Gasteiger partial charge >= 0.3 is 12.1 Å². The van der Waals surface area contributed by atoms with E-state index in [0.717, 1.165) is 30.6 Å². The second kappa shape index (κ2) is 7.12. The Balaban J connectivity index is 2.18. The van der Waals surface area contributed by atoms with Crippen LogP contribution in [0.1, 0.15) is 40.5 Å². The van der Waals surface area contributed by atoms with Gasteiger partial charge in [-0.15, -0.1) is 0 Å². The molecule has 10 heteroatoms. The van der Waals surface area contributed by atoms with E-state index in [1.807, 2.05) is 0 Å². The molecular formula is C20H17F3N4O3. The minimum absolute atomic E-state index is 0.0520. The van der Waals surface area contributed by atoms with Crippen LogP contribution in [0.4, 0.5) is 18.9 Å². The smallest absolute Gasteiger partial charge is 0.433 e. The lowest BCUT2D eigenvalue weighted by Crippen LogP contribution is -2.29. The van der Waals surface area contributed by atoms with E-state index < -0.39 is 23.4 Å². The number of fused-ring (bicyclic) bond motifs is 1. The van der Waals surface area contributed by atoms with E-state index in [0.29, 0.717) is 11.4 Å². The summed E-state index contributed by atoms with van der Waals surface area (Å²) < 4.78 is 45.9. The van der Waals surface area contributed by atoms with Gasteiger partial charge in [0, 0.05) is 24.5 Å². The number of pyridine rings is 3. The summed E-state index contributed by atoms with van der Waals surface area (Å²) in [7, 11) is 2.59. The molecule has 7 nitrogen and oxygen atoms in total. The number of methoxy groups -OCH3 is 1. The van der Waals surface area contributed by atoms with Gasteiger partial charge in [-0.2, -0.15) is 13.2 Å². The van der Waals surface area contributed by atoms with Gasteiger partial charge in [-0.25, -0.2) is 9.78 Å². The van der Waals surface area contributed by atoms with E-state index in [1.165, 1.54) is 13.1 Å². The molecule has 3 heterocycles. The number of carbonyl (C=O) groups excluding carboxylic acids is 1. The molecule has 1 aliphatic carbocycles. The van der Waals surface area contributed by atoms with Crippen molar-refractivity contribution in [3.8, 4) is 5.69 Å². The summed E-state index contributed by atoms with van der Waals surface area (Å²) in [6.07, 6.45) is -1.43. The van der Waals surface area contributed by atoms with E-state index in [2.05, 4.69) is 15.3 Å². The third-order valence-corrected chi connectivity index (χ3v) is 4.97. The first-order valence-electron chi connectivity index (χ1n) is 9.16. The topological polar surface area (TPSA) is 86.1 Å². The zero-order chi connectivity index (χ0) is 21.6. The fourth-order valence-electron chi connectivity index (χ4n) is 3.47. The number of hydrogen-bond donors (Lipinski definition) is 1. The zero-order valence-corrected chi connectivity index (χ0v) is 16.1. The molecule has 1 saturated carbocycles. The largest absolute Gasteiger partial charge is 0.465 e. The van der Waals surface area contributed by atoms with E-state index in [-0.39, 0.29) is 28.2 Å². The summed E-state index contributed by atoms with van der Waals surface area (Å²) in [5.41, 5.74) is -1.59. The Bertz CT molecular complexity index is 1220. The molecule has 3 aromatic heterocycles. The molecule has 0 spiro atoms. The molecule has 0 aromatic carbocycles. The molecular weight excluding hydrogens is 401 g/mol. The molecule has 1 N–H and O–H groups in total. The Hall–Kier alpha value is -3.43. The second-order valence-corrected chi connectivity index (χ2v) is 6.88. The molecule has 0 radical (unpaired) electrons. The number of halogens is 3. The number of ether oxygens (including phenoxy) is 1. The van der Waals surface area contributed by atoms with Crippen LogP contribution >= 0.6 is 0 Å². The summed E-state index contributed by atoms with van der Waals surface area (Å²) in [5, 5.41) is 2.91. The van der Waals surface area contributed by atoms with Gasteiger partial charge in [0.15, 0.2) is 0 Å². The van der Waals surface area contributed by atoms with Crippen molar-refractivity contribution in [2.24, 2.45) is 0 Å². The van der Waals surface area contributed by atoms with Crippen molar-refractivity contribution in [2.45, 2.75) is 24.9 Å². The Kier molecular flexibility index (Phi) is 4.71. The van der Waals surface area contributed by atoms with Crippen molar-refractivity contribution in [1.29, 1.82) is 0 Å². The third kappa shape index (κ3) is 3.17. The maximum absolute atomic E-state index is 13.4. The average Bonchev–Trinajstić information content (AvgIpc) is 3.56. The molecule has 0 aliphatic heterocycles. The summed E-state index contributed by atoms with van der Waals surface area (Å²) in [6.45, 7) is 0. The number of esters is 1. The Morgan fingerprint density at radius 1 is 1.27 bits per heavy atom. The number of nitrogens with zero attached hydrogens (tertiary/aromatic N) is 3. The molecule has 3 aromatic rings. The highest BCUT2D eigenvalue weighted by Gasteiger charge is 2.35. The lowest BCUT2D eigenvalue weighted by Gasteiger charge is -2.18. The van der Waals surface area contributed by atoms with Gasteiger partial charge in [0.25, 0.3) is 5.56 Å². The fourth-order valence-corrected chi connectivity index (χ4v) is 3.47. The van der Waals surface area contributed by atoms with Gasteiger partial charge < -0.3 is 10.1 Å². The van der Waals surface area contributed by atoms with Crippen LogP contribution in [-0.4, -0.2) is 34.7 Å². The van der Waals surface area contributed by atoms with E-state index in [1.54, 1.807) is 18.3 Å². The van der Waals surface area contributed by atoms with E-state index >= 15 is 0 Å². The first-order chi connectivity index (χ1) is 14.3. The number of nitrogens with one attached hydrogen (secondary N) is 1. The second-order valence-electron chi connectivity index (χ2n) is 6.88. The first-order valence-corrected chi connectivity index (χ1v) is 9.16. The van der Waals surface area contributed by atoms with Gasteiger partial charge in [0.2, 0.25) is 0 Å². The van der Waals surface area contributed by atoms with Crippen molar-refractivity contribution in [3.05, 3.63) is 57.8 Å². The SMILES string of the molecule is CNc1c(C(=O)OC)c(=O)n(-c2cccnc2C2CC2)c2nc(C(F)(F)F)ccc12. The summed E-state index contributed by atoms with van der Waals surface area (Å²) in [6, 6.07) is 5.16. The highest BCUT2D eigenvalue weighted by molar-refractivity contribution is 6.04. The number of anilines is 1. The monoisotopic (exact) mass is 418 g/mol. The fraction of sp³-hybridized carbons (Fsp3) is 0.300. The molecule has 1 fully saturated rings. The van der Waals surface area contributed by atoms with Gasteiger partial charge in [0.05, 0.1) is 24.2 Å². The summed E-state index contributed by atoms with van der Waals surface area (Å²) in [4.78, 5) is 33.9. The van der Waals surface area contributed by atoms with Crippen LogP contribution in [0.3, 0.4) is 0 Å². The van der Waals surface area contributed by atoms with Gasteiger partial charge in [-0.05, 0) is 37.1 Å². The highest BCUT2D eigenvalue weighted by Crippen LogP contribution is 2.42. The summed E-state index contributed by atoms with van der Waals surface area (Å²) >= 11 is 0. The number of aromatic nitrogens is 3. The van der Waals surface area contributed by atoms with Crippen molar-refractivity contribution < 1.29 is 22.7 Å². The Labute approximate surface area is 168 Å². The van der Waals surface area contributed by atoms with Crippen LogP contribution in [0.5, 0.6) is 0 Å². The van der Waals surface area contributed by atoms with E-state index in [4.69, 9.17) is 4.74 Å².